The number of methoxy groups -OCH3 is 1. The maximum absolute atomic E-state index is 12.6. The molecule has 6 heteroatoms. The fourth-order valence-corrected chi connectivity index (χ4v) is 4.18. The van der Waals surface area contributed by atoms with Gasteiger partial charge in [-0.15, -0.1) is 0 Å². The van der Waals surface area contributed by atoms with Crippen molar-refractivity contribution >= 4 is 5.91 Å². The van der Waals surface area contributed by atoms with Gasteiger partial charge in [-0.2, -0.15) is 5.10 Å². The van der Waals surface area contributed by atoms with Crippen LogP contribution in [-0.4, -0.2) is 47.3 Å². The Bertz CT molecular complexity index is 822. The molecule has 1 aromatic heterocycles. The topological polar surface area (TPSA) is 59.4 Å². The third-order valence-electron chi connectivity index (χ3n) is 5.88. The number of nitrogens with zero attached hydrogens (tertiary/aromatic N) is 3. The van der Waals surface area contributed by atoms with Gasteiger partial charge in [0.1, 0.15) is 5.75 Å². The summed E-state index contributed by atoms with van der Waals surface area (Å²) < 4.78 is 7.27. The van der Waals surface area contributed by atoms with E-state index in [0.29, 0.717) is 6.42 Å². The van der Waals surface area contributed by atoms with Crippen LogP contribution in [0.4, 0.5) is 0 Å². The van der Waals surface area contributed by atoms with E-state index in [9.17, 15) is 4.79 Å². The molecular formula is C23H34N4O2. The van der Waals surface area contributed by atoms with Gasteiger partial charge in [0.2, 0.25) is 5.91 Å². The lowest BCUT2D eigenvalue weighted by molar-refractivity contribution is -0.122. The highest BCUT2D eigenvalue weighted by Gasteiger charge is 2.36. The standard InChI is InChI=1S/C23H34N4O2/c1-6-26(7-2)13-12-22(28)25-20-14-23(3,4)15-21-19(20)16-24-27(21)17-8-10-18(29-5)11-9-17/h8-11,16,20H,6-7,12-15H2,1-5H3,(H,25,28)/t20-/m0/s1. The predicted octanol–water partition coefficient (Wildman–Crippen LogP) is 3.74. The number of carbonyl (C=O) groups excluding carboxylic acids is 1. The molecule has 0 bridgehead atoms. The summed E-state index contributed by atoms with van der Waals surface area (Å²) in [5, 5.41) is 7.94. The molecule has 1 aliphatic rings. The molecule has 1 amide bonds. The van der Waals surface area contributed by atoms with E-state index in [1.54, 1.807) is 7.11 Å². The van der Waals surface area contributed by atoms with Crippen molar-refractivity contribution < 1.29 is 9.53 Å². The molecule has 1 heterocycles. The molecule has 0 aliphatic heterocycles. The zero-order valence-corrected chi connectivity index (χ0v) is 18.4. The van der Waals surface area contributed by atoms with Crippen LogP contribution in [0.5, 0.6) is 5.75 Å². The largest absolute Gasteiger partial charge is 0.497 e. The molecule has 1 aromatic carbocycles. The Hall–Kier alpha value is -2.34. The second-order valence-electron chi connectivity index (χ2n) is 8.60. The number of nitrogens with one attached hydrogen (secondary N) is 1. The molecule has 158 valence electrons. The van der Waals surface area contributed by atoms with Crippen LogP contribution < -0.4 is 10.1 Å². The molecule has 6 nitrogen and oxygen atoms in total. The summed E-state index contributed by atoms with van der Waals surface area (Å²) in [4.78, 5) is 14.9. The summed E-state index contributed by atoms with van der Waals surface area (Å²) in [5.41, 5.74) is 3.42. The van der Waals surface area contributed by atoms with Crippen LogP contribution in [0.25, 0.3) is 5.69 Å². The van der Waals surface area contributed by atoms with Crippen molar-refractivity contribution in [3.8, 4) is 11.4 Å². The number of benzene rings is 1. The predicted molar refractivity (Wildman–Crippen MR) is 116 cm³/mol. The van der Waals surface area contributed by atoms with Gasteiger partial charge in [0.15, 0.2) is 0 Å². The summed E-state index contributed by atoms with van der Waals surface area (Å²) in [6, 6.07) is 7.94. The van der Waals surface area contributed by atoms with E-state index in [1.807, 2.05) is 35.1 Å². The van der Waals surface area contributed by atoms with E-state index < -0.39 is 0 Å². The molecule has 29 heavy (non-hydrogen) atoms. The SMILES string of the molecule is CCN(CC)CCC(=O)N[C@H]1CC(C)(C)Cc2c1cnn2-c1ccc(OC)cc1. The number of hydrogen-bond acceptors (Lipinski definition) is 4. The van der Waals surface area contributed by atoms with Crippen LogP contribution in [0.2, 0.25) is 0 Å². The first kappa shape index (κ1) is 21.4. The molecule has 1 aliphatic carbocycles. The monoisotopic (exact) mass is 398 g/mol. The van der Waals surface area contributed by atoms with Gasteiger partial charge in [0.25, 0.3) is 0 Å². The van der Waals surface area contributed by atoms with Crippen LogP contribution in [0.1, 0.15) is 57.8 Å². The van der Waals surface area contributed by atoms with Crippen LogP contribution in [0.15, 0.2) is 30.5 Å². The van der Waals surface area contributed by atoms with E-state index in [4.69, 9.17) is 4.74 Å². The van der Waals surface area contributed by atoms with Crippen LogP contribution in [0, 0.1) is 5.41 Å². The average Bonchev–Trinajstić information content (AvgIpc) is 3.11. The number of aromatic nitrogens is 2. The Morgan fingerprint density at radius 2 is 1.97 bits per heavy atom. The summed E-state index contributed by atoms with van der Waals surface area (Å²) in [5.74, 6) is 0.941. The van der Waals surface area contributed by atoms with Gasteiger partial charge in [-0.25, -0.2) is 4.68 Å². The minimum Gasteiger partial charge on any atom is -0.497 e. The molecule has 0 unspecified atom stereocenters. The van der Waals surface area contributed by atoms with Gasteiger partial charge in [0.05, 0.1) is 30.7 Å². The van der Waals surface area contributed by atoms with Crippen LogP contribution in [-0.2, 0) is 11.2 Å². The van der Waals surface area contributed by atoms with Crippen LogP contribution in [0.3, 0.4) is 0 Å². The highest BCUT2D eigenvalue weighted by Crippen LogP contribution is 2.41. The van der Waals surface area contributed by atoms with Crippen molar-refractivity contribution in [3.63, 3.8) is 0 Å². The molecule has 1 atom stereocenters. The molecule has 0 spiro atoms. The fourth-order valence-electron chi connectivity index (χ4n) is 4.18. The number of ether oxygens (including phenoxy) is 1. The lowest BCUT2D eigenvalue weighted by atomic mass is 9.74. The van der Waals surface area contributed by atoms with Crippen molar-refractivity contribution in [2.45, 2.75) is 53.0 Å². The normalized spacial score (nSPS) is 17.8. The number of hydrogen-bond donors (Lipinski definition) is 1. The number of fused-ring (bicyclic) bond motifs is 1. The van der Waals surface area contributed by atoms with Gasteiger partial charge in [-0.3, -0.25) is 4.79 Å². The second kappa shape index (κ2) is 8.99. The van der Waals surface area contributed by atoms with E-state index in [-0.39, 0.29) is 17.4 Å². The lowest BCUT2D eigenvalue weighted by Gasteiger charge is -2.36. The summed E-state index contributed by atoms with van der Waals surface area (Å²) in [7, 11) is 1.67. The zero-order valence-electron chi connectivity index (χ0n) is 18.4. The molecule has 2 aromatic rings. The second-order valence-corrected chi connectivity index (χ2v) is 8.60. The fraction of sp³-hybridized carbons (Fsp3) is 0.565. The molecule has 0 radical (unpaired) electrons. The highest BCUT2D eigenvalue weighted by molar-refractivity contribution is 5.76. The van der Waals surface area contributed by atoms with Gasteiger partial charge < -0.3 is 15.0 Å². The number of amides is 1. The maximum atomic E-state index is 12.6. The Kier molecular flexibility index (Phi) is 6.63. The minimum absolute atomic E-state index is 0.00458. The Morgan fingerprint density at radius 1 is 1.28 bits per heavy atom. The van der Waals surface area contributed by atoms with E-state index in [1.165, 1.54) is 5.69 Å². The van der Waals surface area contributed by atoms with Gasteiger partial charge >= 0.3 is 0 Å². The van der Waals surface area contributed by atoms with Crippen molar-refractivity contribution in [1.29, 1.82) is 0 Å². The van der Waals surface area contributed by atoms with Crippen molar-refractivity contribution in [3.05, 3.63) is 41.7 Å². The molecule has 0 saturated carbocycles. The zero-order chi connectivity index (χ0) is 21.0. The summed E-state index contributed by atoms with van der Waals surface area (Å²) in [6.07, 6.45) is 4.30. The molecule has 1 N–H and O–H groups in total. The molecule has 3 rings (SSSR count). The third kappa shape index (κ3) is 4.99. The quantitative estimate of drug-likeness (QED) is 0.736. The maximum Gasteiger partial charge on any atom is 0.221 e. The summed E-state index contributed by atoms with van der Waals surface area (Å²) in [6.45, 7) is 11.5. The van der Waals surface area contributed by atoms with E-state index in [2.05, 4.69) is 43.0 Å². The van der Waals surface area contributed by atoms with E-state index in [0.717, 1.165) is 49.5 Å². The minimum atomic E-state index is 0.00458. The molecule has 0 fully saturated rings. The van der Waals surface area contributed by atoms with E-state index >= 15 is 0 Å². The van der Waals surface area contributed by atoms with Gasteiger partial charge in [0, 0.05) is 18.5 Å². The number of carbonyl (C=O) groups is 1. The highest BCUT2D eigenvalue weighted by atomic mass is 16.5. The smallest absolute Gasteiger partial charge is 0.221 e. The molecular weight excluding hydrogens is 364 g/mol. The first-order chi connectivity index (χ1) is 13.9. The Labute approximate surface area is 174 Å². The summed E-state index contributed by atoms with van der Waals surface area (Å²) >= 11 is 0. The lowest BCUT2D eigenvalue weighted by Crippen LogP contribution is -2.38. The average molecular weight is 399 g/mol. The van der Waals surface area contributed by atoms with Crippen molar-refractivity contribution in [1.82, 2.24) is 20.0 Å². The Balaban J connectivity index is 1.80. The molecule has 0 saturated heterocycles. The van der Waals surface area contributed by atoms with Gasteiger partial charge in [-0.1, -0.05) is 27.7 Å². The Morgan fingerprint density at radius 3 is 2.59 bits per heavy atom. The first-order valence-electron chi connectivity index (χ1n) is 10.6. The van der Waals surface area contributed by atoms with Crippen LogP contribution >= 0.6 is 0 Å². The van der Waals surface area contributed by atoms with Gasteiger partial charge in [-0.05, 0) is 55.6 Å². The third-order valence-corrected chi connectivity index (χ3v) is 5.88. The first-order valence-corrected chi connectivity index (χ1v) is 10.6. The number of rotatable bonds is 8. The van der Waals surface area contributed by atoms with Crippen molar-refractivity contribution in [2.24, 2.45) is 5.41 Å². The van der Waals surface area contributed by atoms with Crippen molar-refractivity contribution in [2.75, 3.05) is 26.7 Å².